The molecule has 1 aliphatic rings. The van der Waals surface area contributed by atoms with Crippen LogP contribution in [0.1, 0.15) is 22.5 Å². The summed E-state index contributed by atoms with van der Waals surface area (Å²) in [5.41, 5.74) is 7.36. The van der Waals surface area contributed by atoms with Gasteiger partial charge in [-0.25, -0.2) is 0 Å². The first kappa shape index (κ1) is 14.3. The van der Waals surface area contributed by atoms with E-state index in [1.54, 1.807) is 13.3 Å². The van der Waals surface area contributed by atoms with E-state index < -0.39 is 0 Å². The van der Waals surface area contributed by atoms with E-state index in [1.807, 2.05) is 17.0 Å². The maximum Gasteiger partial charge on any atom is 0.266 e. The maximum absolute atomic E-state index is 12.7. The number of hydrogen-bond donors (Lipinski definition) is 1. The quantitative estimate of drug-likeness (QED) is 0.945. The van der Waals surface area contributed by atoms with Gasteiger partial charge in [0.15, 0.2) is 0 Å². The molecule has 1 saturated heterocycles. The monoisotopic (exact) mass is 305 g/mol. The van der Waals surface area contributed by atoms with Gasteiger partial charge in [0.25, 0.3) is 5.91 Å². The lowest BCUT2D eigenvalue weighted by atomic mass is 9.99. The summed E-state index contributed by atoms with van der Waals surface area (Å²) in [6, 6.07) is 3.81. The van der Waals surface area contributed by atoms with Crippen LogP contribution >= 0.6 is 11.3 Å². The van der Waals surface area contributed by atoms with Crippen molar-refractivity contribution >= 4 is 33.1 Å². The van der Waals surface area contributed by atoms with Gasteiger partial charge in [-0.15, -0.1) is 11.3 Å². The zero-order valence-electron chi connectivity index (χ0n) is 12.0. The van der Waals surface area contributed by atoms with Crippen LogP contribution in [0.2, 0.25) is 0 Å². The van der Waals surface area contributed by atoms with Gasteiger partial charge in [-0.2, -0.15) is 0 Å². The van der Waals surface area contributed by atoms with Crippen LogP contribution in [0, 0.1) is 5.92 Å². The normalized spacial score (nSPS) is 19.1. The summed E-state index contributed by atoms with van der Waals surface area (Å²) in [5, 5.41) is 0. The lowest BCUT2D eigenvalue weighted by Crippen LogP contribution is -2.41. The summed E-state index contributed by atoms with van der Waals surface area (Å²) in [4.78, 5) is 19.5. The van der Waals surface area contributed by atoms with Gasteiger partial charge >= 0.3 is 0 Å². The second kappa shape index (κ2) is 5.99. The molecule has 5 nitrogen and oxygen atoms in total. The Balaban J connectivity index is 1.84. The van der Waals surface area contributed by atoms with Crippen molar-refractivity contribution in [2.75, 3.05) is 32.5 Å². The fourth-order valence-electron chi connectivity index (χ4n) is 2.87. The Hall–Kier alpha value is -1.66. The van der Waals surface area contributed by atoms with Gasteiger partial charge in [0.1, 0.15) is 10.4 Å². The van der Waals surface area contributed by atoms with Crippen molar-refractivity contribution in [1.29, 1.82) is 0 Å². The molecule has 6 heteroatoms. The molecular formula is C15H19N3O2S. The average Bonchev–Trinajstić information content (AvgIpc) is 2.85. The molecule has 2 aromatic rings. The molecule has 0 spiro atoms. The van der Waals surface area contributed by atoms with E-state index in [0.29, 0.717) is 23.1 Å². The van der Waals surface area contributed by atoms with Crippen LogP contribution < -0.4 is 5.73 Å². The maximum atomic E-state index is 12.7. The van der Waals surface area contributed by atoms with Crippen molar-refractivity contribution in [3.63, 3.8) is 0 Å². The number of anilines is 1. The first-order chi connectivity index (χ1) is 10.2. The summed E-state index contributed by atoms with van der Waals surface area (Å²) < 4.78 is 6.18. The van der Waals surface area contributed by atoms with Crippen LogP contribution in [-0.2, 0) is 4.74 Å². The molecule has 1 unspecified atom stereocenters. The second-order valence-electron chi connectivity index (χ2n) is 5.41. The van der Waals surface area contributed by atoms with Crippen LogP contribution in [0.5, 0.6) is 0 Å². The van der Waals surface area contributed by atoms with Gasteiger partial charge < -0.3 is 15.4 Å². The van der Waals surface area contributed by atoms with E-state index in [2.05, 4.69) is 4.98 Å². The summed E-state index contributed by atoms with van der Waals surface area (Å²) in [5.74, 6) is 0.442. The number of hydrogen-bond acceptors (Lipinski definition) is 5. The molecule has 3 heterocycles. The Bertz CT molecular complexity index is 653. The van der Waals surface area contributed by atoms with Gasteiger partial charge in [0.2, 0.25) is 0 Å². The van der Waals surface area contributed by atoms with Crippen molar-refractivity contribution < 1.29 is 9.53 Å². The molecule has 1 amide bonds. The highest BCUT2D eigenvalue weighted by atomic mass is 32.1. The molecule has 3 rings (SSSR count). The van der Waals surface area contributed by atoms with Crippen LogP contribution in [-0.4, -0.2) is 42.6 Å². The number of piperidine rings is 1. The summed E-state index contributed by atoms with van der Waals surface area (Å²) >= 11 is 1.43. The Morgan fingerprint density at radius 1 is 1.62 bits per heavy atom. The minimum Gasteiger partial charge on any atom is -0.396 e. The van der Waals surface area contributed by atoms with Crippen LogP contribution in [0.25, 0.3) is 10.2 Å². The van der Waals surface area contributed by atoms with Gasteiger partial charge in [-0.3, -0.25) is 9.78 Å². The molecule has 21 heavy (non-hydrogen) atoms. The van der Waals surface area contributed by atoms with Crippen LogP contribution in [0.4, 0.5) is 5.69 Å². The SMILES string of the molecule is COCC1CCCN(C(=O)c2sc3cccnc3c2N)C1. The number of pyridine rings is 1. The highest BCUT2D eigenvalue weighted by molar-refractivity contribution is 7.21. The number of rotatable bonds is 3. The Labute approximate surface area is 127 Å². The van der Waals surface area contributed by atoms with Gasteiger partial charge in [0.05, 0.1) is 17.0 Å². The Morgan fingerprint density at radius 3 is 3.24 bits per heavy atom. The molecule has 1 fully saturated rings. The van der Waals surface area contributed by atoms with E-state index in [-0.39, 0.29) is 5.91 Å². The molecule has 1 atom stereocenters. The number of fused-ring (bicyclic) bond motifs is 1. The lowest BCUT2D eigenvalue weighted by Gasteiger charge is -2.32. The number of nitrogens with zero attached hydrogens (tertiary/aromatic N) is 2. The molecule has 0 bridgehead atoms. The van der Waals surface area contributed by atoms with E-state index in [0.717, 1.165) is 36.1 Å². The number of amides is 1. The molecule has 0 radical (unpaired) electrons. The summed E-state index contributed by atoms with van der Waals surface area (Å²) in [6.07, 6.45) is 3.83. The number of nitrogens with two attached hydrogens (primary N) is 1. The number of likely N-dealkylation sites (tertiary alicyclic amines) is 1. The molecule has 1 aliphatic heterocycles. The number of ether oxygens (including phenoxy) is 1. The number of carbonyl (C=O) groups is 1. The zero-order chi connectivity index (χ0) is 14.8. The third-order valence-corrected chi connectivity index (χ3v) is 5.03. The highest BCUT2D eigenvalue weighted by Crippen LogP contribution is 2.33. The van der Waals surface area contributed by atoms with Crippen molar-refractivity contribution in [2.45, 2.75) is 12.8 Å². The summed E-state index contributed by atoms with van der Waals surface area (Å²) in [6.45, 7) is 2.24. The summed E-state index contributed by atoms with van der Waals surface area (Å²) in [7, 11) is 1.70. The van der Waals surface area contributed by atoms with Gasteiger partial charge in [0, 0.05) is 26.4 Å². The number of thiophene rings is 1. The number of carbonyl (C=O) groups excluding carboxylic acids is 1. The van der Waals surface area contributed by atoms with E-state index in [4.69, 9.17) is 10.5 Å². The predicted molar refractivity (Wildman–Crippen MR) is 84.5 cm³/mol. The highest BCUT2D eigenvalue weighted by Gasteiger charge is 2.27. The van der Waals surface area contributed by atoms with Crippen LogP contribution in [0.3, 0.4) is 0 Å². The molecular weight excluding hydrogens is 286 g/mol. The van der Waals surface area contributed by atoms with Crippen molar-refractivity contribution in [3.05, 3.63) is 23.2 Å². The third kappa shape index (κ3) is 2.73. The zero-order valence-corrected chi connectivity index (χ0v) is 12.9. The number of aromatic nitrogens is 1. The second-order valence-corrected chi connectivity index (χ2v) is 6.46. The predicted octanol–water partition coefficient (Wildman–Crippen LogP) is 2.38. The molecule has 0 aliphatic carbocycles. The largest absolute Gasteiger partial charge is 0.396 e. The third-order valence-electron chi connectivity index (χ3n) is 3.89. The fourth-order valence-corrected chi connectivity index (χ4v) is 3.92. The molecule has 0 aromatic carbocycles. The van der Waals surface area contributed by atoms with E-state index in [1.165, 1.54) is 11.3 Å². The van der Waals surface area contributed by atoms with Crippen LogP contribution in [0.15, 0.2) is 18.3 Å². The number of methoxy groups -OCH3 is 1. The van der Waals surface area contributed by atoms with E-state index >= 15 is 0 Å². The smallest absolute Gasteiger partial charge is 0.266 e. The van der Waals surface area contributed by atoms with Crippen molar-refractivity contribution in [2.24, 2.45) is 5.92 Å². The molecule has 112 valence electrons. The average molecular weight is 305 g/mol. The van der Waals surface area contributed by atoms with E-state index in [9.17, 15) is 4.79 Å². The molecule has 0 saturated carbocycles. The van der Waals surface area contributed by atoms with Crippen molar-refractivity contribution in [1.82, 2.24) is 9.88 Å². The first-order valence-corrected chi connectivity index (χ1v) is 7.93. The van der Waals surface area contributed by atoms with Gasteiger partial charge in [-0.1, -0.05) is 0 Å². The first-order valence-electron chi connectivity index (χ1n) is 7.12. The van der Waals surface area contributed by atoms with Crippen molar-refractivity contribution in [3.8, 4) is 0 Å². The molecule has 2 N–H and O–H groups in total. The number of nitrogen functional groups attached to an aromatic ring is 1. The van der Waals surface area contributed by atoms with Gasteiger partial charge in [-0.05, 0) is 30.9 Å². The lowest BCUT2D eigenvalue weighted by molar-refractivity contribution is 0.0576. The minimum absolute atomic E-state index is 0.0244. The Kier molecular flexibility index (Phi) is 4.07. The Morgan fingerprint density at radius 2 is 2.48 bits per heavy atom. The fraction of sp³-hybridized carbons (Fsp3) is 0.467. The standard InChI is InChI=1S/C15H19N3O2S/c1-20-9-10-4-3-7-18(8-10)15(19)14-12(16)13-11(21-14)5-2-6-17-13/h2,5-6,10H,3-4,7-9,16H2,1H3. The topological polar surface area (TPSA) is 68.5 Å². The molecule has 2 aromatic heterocycles. The minimum atomic E-state index is 0.0244.